The fourth-order valence-corrected chi connectivity index (χ4v) is 2.91. The van der Waals surface area contributed by atoms with Gasteiger partial charge in [0.05, 0.1) is 0 Å². The van der Waals surface area contributed by atoms with E-state index >= 15 is 0 Å². The van der Waals surface area contributed by atoms with Gasteiger partial charge in [0, 0.05) is 18.5 Å². The second-order valence-corrected chi connectivity index (χ2v) is 5.96. The second kappa shape index (κ2) is 7.06. The van der Waals surface area contributed by atoms with E-state index in [4.69, 9.17) is 19.9 Å². The van der Waals surface area contributed by atoms with Gasteiger partial charge in [-0.3, -0.25) is 4.79 Å². The first-order valence-electron chi connectivity index (χ1n) is 7.84. The van der Waals surface area contributed by atoms with Crippen LogP contribution in [0.3, 0.4) is 0 Å². The van der Waals surface area contributed by atoms with E-state index in [1.54, 1.807) is 18.2 Å². The van der Waals surface area contributed by atoms with Gasteiger partial charge < -0.3 is 30.0 Å². The summed E-state index contributed by atoms with van der Waals surface area (Å²) >= 11 is 0. The van der Waals surface area contributed by atoms with Crippen LogP contribution >= 0.6 is 0 Å². The molecule has 1 atom stereocenters. The van der Waals surface area contributed by atoms with Crippen LogP contribution in [0.15, 0.2) is 18.2 Å². The largest absolute Gasteiger partial charge is 0.491 e. The third kappa shape index (κ3) is 4.05. The predicted octanol–water partition coefficient (Wildman–Crippen LogP) is 0.352. The molecule has 3 N–H and O–H groups in total. The lowest BCUT2D eigenvalue weighted by Crippen LogP contribution is -2.43. The molecular weight excluding hydrogens is 300 g/mol. The van der Waals surface area contributed by atoms with Gasteiger partial charge in [0.2, 0.25) is 12.7 Å². The molecular formula is C16H22N2O5. The fraction of sp³-hybridized carbons (Fsp3) is 0.562. The van der Waals surface area contributed by atoms with Gasteiger partial charge in [-0.25, -0.2) is 0 Å². The van der Waals surface area contributed by atoms with Crippen molar-refractivity contribution in [1.82, 2.24) is 4.90 Å². The number of rotatable bonds is 6. The number of β-amino-alcohol motifs (C(OH)–C–C–N with tert-alkyl or cyclic N) is 1. The van der Waals surface area contributed by atoms with Crippen LogP contribution in [0, 0.1) is 5.92 Å². The second-order valence-electron chi connectivity index (χ2n) is 5.96. The Balaban J connectivity index is 1.41. The highest BCUT2D eigenvalue weighted by molar-refractivity contribution is 5.76. The molecule has 0 aliphatic carbocycles. The van der Waals surface area contributed by atoms with Crippen LogP contribution in [-0.4, -0.2) is 55.1 Å². The number of primary amides is 1. The molecule has 7 nitrogen and oxygen atoms in total. The van der Waals surface area contributed by atoms with Gasteiger partial charge in [-0.1, -0.05) is 0 Å². The molecule has 2 aliphatic rings. The van der Waals surface area contributed by atoms with E-state index in [1.807, 2.05) is 0 Å². The number of carbonyl (C=O) groups is 1. The Bertz CT molecular complexity index is 557. The molecule has 0 unspecified atom stereocenters. The zero-order chi connectivity index (χ0) is 16.2. The average Bonchev–Trinajstić information content (AvgIpc) is 3.01. The molecule has 1 fully saturated rings. The molecule has 1 aromatic carbocycles. The van der Waals surface area contributed by atoms with E-state index in [1.165, 1.54) is 0 Å². The number of nitrogens with zero attached hydrogens (tertiary/aromatic N) is 1. The molecule has 0 radical (unpaired) electrons. The van der Waals surface area contributed by atoms with Crippen molar-refractivity contribution in [1.29, 1.82) is 0 Å². The van der Waals surface area contributed by atoms with Crippen molar-refractivity contribution in [3.63, 3.8) is 0 Å². The zero-order valence-electron chi connectivity index (χ0n) is 12.9. The summed E-state index contributed by atoms with van der Waals surface area (Å²) in [5.74, 6) is 1.74. The molecule has 3 rings (SSSR count). The Morgan fingerprint density at radius 2 is 2.09 bits per heavy atom. The quantitative estimate of drug-likeness (QED) is 0.785. The van der Waals surface area contributed by atoms with Crippen LogP contribution in [0.2, 0.25) is 0 Å². The Morgan fingerprint density at radius 3 is 2.83 bits per heavy atom. The van der Waals surface area contributed by atoms with Gasteiger partial charge in [-0.2, -0.15) is 0 Å². The minimum atomic E-state index is -0.592. The standard InChI is InChI=1S/C16H22N2O5/c17-16(20)11-3-5-18(6-4-11)8-12(19)9-21-13-1-2-14-15(7-13)23-10-22-14/h1-2,7,11-12,19H,3-6,8-10H2,(H2,17,20)/t12-/m1/s1. The predicted molar refractivity (Wildman–Crippen MR) is 82.4 cm³/mol. The summed E-state index contributed by atoms with van der Waals surface area (Å²) < 4.78 is 16.1. The molecule has 0 saturated carbocycles. The number of benzene rings is 1. The highest BCUT2D eigenvalue weighted by atomic mass is 16.7. The smallest absolute Gasteiger partial charge is 0.231 e. The van der Waals surface area contributed by atoms with E-state index in [0.29, 0.717) is 23.8 Å². The summed E-state index contributed by atoms with van der Waals surface area (Å²) in [5, 5.41) is 10.1. The zero-order valence-corrected chi connectivity index (χ0v) is 12.9. The summed E-state index contributed by atoms with van der Waals surface area (Å²) in [7, 11) is 0. The third-order valence-electron chi connectivity index (χ3n) is 4.25. The summed E-state index contributed by atoms with van der Waals surface area (Å²) in [6, 6.07) is 5.34. The van der Waals surface area contributed by atoms with Gasteiger partial charge in [0.1, 0.15) is 18.5 Å². The van der Waals surface area contributed by atoms with E-state index in [2.05, 4.69) is 4.90 Å². The minimum absolute atomic E-state index is 0.0340. The maximum Gasteiger partial charge on any atom is 0.231 e. The first-order chi connectivity index (χ1) is 11.1. The van der Waals surface area contributed by atoms with Crippen molar-refractivity contribution in [2.24, 2.45) is 11.7 Å². The number of piperidine rings is 1. The molecule has 1 saturated heterocycles. The summed E-state index contributed by atoms with van der Waals surface area (Å²) in [6.45, 7) is 2.50. The van der Waals surface area contributed by atoms with E-state index in [9.17, 15) is 9.90 Å². The topological polar surface area (TPSA) is 94.3 Å². The lowest BCUT2D eigenvalue weighted by Gasteiger charge is -2.31. The Hall–Kier alpha value is -1.99. The number of nitrogens with two attached hydrogens (primary N) is 1. The number of likely N-dealkylation sites (tertiary alicyclic amines) is 1. The van der Waals surface area contributed by atoms with E-state index in [0.717, 1.165) is 25.9 Å². The van der Waals surface area contributed by atoms with Crippen molar-refractivity contribution in [2.75, 3.05) is 33.0 Å². The monoisotopic (exact) mass is 322 g/mol. The number of hydrogen-bond acceptors (Lipinski definition) is 6. The normalized spacial score (nSPS) is 19.5. The van der Waals surface area contributed by atoms with Crippen LogP contribution in [0.25, 0.3) is 0 Å². The molecule has 0 bridgehead atoms. The van der Waals surface area contributed by atoms with Crippen molar-refractivity contribution in [2.45, 2.75) is 18.9 Å². The Morgan fingerprint density at radius 1 is 1.35 bits per heavy atom. The number of aliphatic hydroxyl groups is 1. The summed E-state index contributed by atoms with van der Waals surface area (Å²) in [5.41, 5.74) is 5.32. The molecule has 2 heterocycles. The van der Waals surface area contributed by atoms with Crippen molar-refractivity contribution in [3.8, 4) is 17.2 Å². The Labute approximate surface area is 134 Å². The molecule has 7 heteroatoms. The van der Waals surface area contributed by atoms with Crippen molar-refractivity contribution >= 4 is 5.91 Å². The first kappa shape index (κ1) is 15.9. The van der Waals surface area contributed by atoms with Gasteiger partial charge in [0.15, 0.2) is 11.5 Å². The van der Waals surface area contributed by atoms with Crippen molar-refractivity contribution < 1.29 is 24.1 Å². The van der Waals surface area contributed by atoms with Gasteiger partial charge >= 0.3 is 0 Å². The lowest BCUT2D eigenvalue weighted by atomic mass is 9.96. The number of amides is 1. The molecule has 2 aliphatic heterocycles. The number of carbonyl (C=O) groups excluding carboxylic acids is 1. The van der Waals surface area contributed by atoms with Gasteiger partial charge in [-0.15, -0.1) is 0 Å². The van der Waals surface area contributed by atoms with Gasteiger partial charge in [-0.05, 0) is 38.1 Å². The van der Waals surface area contributed by atoms with E-state index < -0.39 is 6.10 Å². The fourth-order valence-electron chi connectivity index (χ4n) is 2.91. The SMILES string of the molecule is NC(=O)C1CCN(C[C@@H](O)COc2ccc3c(c2)OCO3)CC1. The highest BCUT2D eigenvalue weighted by Crippen LogP contribution is 2.35. The van der Waals surface area contributed by atoms with Crippen LogP contribution in [-0.2, 0) is 4.79 Å². The third-order valence-corrected chi connectivity index (χ3v) is 4.25. The van der Waals surface area contributed by atoms with Crippen molar-refractivity contribution in [3.05, 3.63) is 18.2 Å². The lowest BCUT2D eigenvalue weighted by molar-refractivity contribution is -0.123. The van der Waals surface area contributed by atoms with Crippen LogP contribution in [0.1, 0.15) is 12.8 Å². The summed E-state index contributed by atoms with van der Waals surface area (Å²) in [6.07, 6.45) is 0.918. The molecule has 23 heavy (non-hydrogen) atoms. The highest BCUT2D eigenvalue weighted by Gasteiger charge is 2.24. The number of aliphatic hydroxyl groups excluding tert-OH is 1. The molecule has 0 spiro atoms. The maximum absolute atomic E-state index is 11.1. The van der Waals surface area contributed by atoms with Crippen LogP contribution in [0.4, 0.5) is 0 Å². The summed E-state index contributed by atoms with van der Waals surface area (Å²) in [4.78, 5) is 13.3. The van der Waals surface area contributed by atoms with Crippen LogP contribution in [0.5, 0.6) is 17.2 Å². The molecule has 126 valence electrons. The first-order valence-corrected chi connectivity index (χ1v) is 7.84. The molecule has 1 amide bonds. The average molecular weight is 322 g/mol. The van der Waals surface area contributed by atoms with Gasteiger partial charge in [0.25, 0.3) is 0 Å². The van der Waals surface area contributed by atoms with Crippen LogP contribution < -0.4 is 19.9 Å². The molecule has 1 aromatic rings. The Kier molecular flexibility index (Phi) is 4.88. The number of ether oxygens (including phenoxy) is 3. The maximum atomic E-state index is 11.1. The minimum Gasteiger partial charge on any atom is -0.491 e. The number of fused-ring (bicyclic) bond motifs is 1. The molecule has 0 aromatic heterocycles. The number of hydrogen-bond donors (Lipinski definition) is 2. The van der Waals surface area contributed by atoms with E-state index in [-0.39, 0.29) is 25.2 Å².